The number of nitrogens with one attached hydrogen (secondary N) is 1. The molecule has 0 saturated heterocycles. The SMILES string of the molecule is N#Cc1cc[nH]c1[C@H](N)CO. The van der Waals surface area contributed by atoms with Crippen molar-refractivity contribution in [2.24, 2.45) is 5.73 Å². The quantitative estimate of drug-likeness (QED) is 0.550. The molecule has 0 aromatic carbocycles. The van der Waals surface area contributed by atoms with Crippen molar-refractivity contribution >= 4 is 0 Å². The third-order valence-corrected chi connectivity index (χ3v) is 1.47. The zero-order chi connectivity index (χ0) is 8.27. The van der Waals surface area contributed by atoms with Crippen molar-refractivity contribution in [2.75, 3.05) is 6.61 Å². The van der Waals surface area contributed by atoms with Crippen molar-refractivity contribution in [3.63, 3.8) is 0 Å². The van der Waals surface area contributed by atoms with E-state index in [-0.39, 0.29) is 6.61 Å². The fourth-order valence-electron chi connectivity index (χ4n) is 0.878. The molecule has 1 rings (SSSR count). The molecular weight excluding hydrogens is 142 g/mol. The van der Waals surface area contributed by atoms with Gasteiger partial charge in [-0.25, -0.2) is 0 Å². The first kappa shape index (κ1) is 7.79. The van der Waals surface area contributed by atoms with Crippen molar-refractivity contribution in [3.05, 3.63) is 23.5 Å². The molecule has 1 atom stereocenters. The Hall–Kier alpha value is -1.31. The Morgan fingerprint density at radius 3 is 3.09 bits per heavy atom. The average Bonchev–Trinajstić information content (AvgIpc) is 2.50. The average molecular weight is 151 g/mol. The molecule has 0 aliphatic carbocycles. The molecule has 0 spiro atoms. The van der Waals surface area contributed by atoms with Crippen LogP contribution in [-0.4, -0.2) is 16.7 Å². The summed E-state index contributed by atoms with van der Waals surface area (Å²) >= 11 is 0. The highest BCUT2D eigenvalue weighted by atomic mass is 16.3. The van der Waals surface area contributed by atoms with E-state index < -0.39 is 6.04 Å². The number of nitrogens with zero attached hydrogens (tertiary/aromatic N) is 1. The van der Waals surface area contributed by atoms with Crippen LogP contribution in [0.4, 0.5) is 0 Å². The molecule has 58 valence electrons. The largest absolute Gasteiger partial charge is 0.394 e. The molecule has 0 fully saturated rings. The first-order chi connectivity index (χ1) is 5.29. The van der Waals surface area contributed by atoms with Gasteiger partial charge in [-0.1, -0.05) is 0 Å². The highest BCUT2D eigenvalue weighted by Gasteiger charge is 2.09. The maximum absolute atomic E-state index is 8.67. The van der Waals surface area contributed by atoms with E-state index in [1.165, 1.54) is 0 Å². The van der Waals surface area contributed by atoms with Gasteiger partial charge in [-0.05, 0) is 6.07 Å². The number of rotatable bonds is 2. The van der Waals surface area contributed by atoms with Gasteiger partial charge in [0.2, 0.25) is 0 Å². The van der Waals surface area contributed by atoms with E-state index in [1.807, 2.05) is 6.07 Å². The number of nitrogens with two attached hydrogens (primary N) is 1. The van der Waals surface area contributed by atoms with E-state index in [9.17, 15) is 0 Å². The molecule has 1 aromatic heterocycles. The van der Waals surface area contributed by atoms with E-state index in [4.69, 9.17) is 16.1 Å². The van der Waals surface area contributed by atoms with Gasteiger partial charge in [0.05, 0.1) is 23.9 Å². The number of aliphatic hydroxyl groups excluding tert-OH is 1. The van der Waals surface area contributed by atoms with Gasteiger partial charge in [0.15, 0.2) is 0 Å². The Labute approximate surface area is 64.3 Å². The van der Waals surface area contributed by atoms with Crippen LogP contribution >= 0.6 is 0 Å². The molecule has 4 N–H and O–H groups in total. The Bertz CT molecular complexity index is 273. The summed E-state index contributed by atoms with van der Waals surface area (Å²) in [4.78, 5) is 2.80. The molecule has 0 bridgehead atoms. The predicted molar refractivity (Wildman–Crippen MR) is 39.5 cm³/mol. The minimum absolute atomic E-state index is 0.158. The lowest BCUT2D eigenvalue weighted by Gasteiger charge is -2.04. The van der Waals surface area contributed by atoms with Crippen molar-refractivity contribution < 1.29 is 5.11 Å². The summed E-state index contributed by atoms with van der Waals surface area (Å²) in [6.07, 6.45) is 1.63. The summed E-state index contributed by atoms with van der Waals surface area (Å²) in [5.41, 5.74) is 6.57. The third kappa shape index (κ3) is 1.40. The molecule has 0 aliphatic rings. The fourth-order valence-corrected chi connectivity index (χ4v) is 0.878. The fraction of sp³-hybridized carbons (Fsp3) is 0.286. The lowest BCUT2D eigenvalue weighted by Crippen LogP contribution is -2.15. The van der Waals surface area contributed by atoms with Crippen LogP contribution in [0.5, 0.6) is 0 Å². The molecule has 1 heterocycles. The van der Waals surface area contributed by atoms with Crippen LogP contribution in [0.15, 0.2) is 12.3 Å². The van der Waals surface area contributed by atoms with Crippen molar-refractivity contribution in [2.45, 2.75) is 6.04 Å². The number of aromatic nitrogens is 1. The molecule has 0 unspecified atom stereocenters. The predicted octanol–water partition coefficient (Wildman–Crippen LogP) is -0.122. The number of hydrogen-bond acceptors (Lipinski definition) is 3. The first-order valence-corrected chi connectivity index (χ1v) is 3.23. The normalized spacial score (nSPS) is 12.5. The van der Waals surface area contributed by atoms with E-state index in [0.717, 1.165) is 0 Å². The second-order valence-electron chi connectivity index (χ2n) is 2.21. The molecular formula is C7H9N3O. The summed E-state index contributed by atoms with van der Waals surface area (Å²) in [7, 11) is 0. The number of nitriles is 1. The lowest BCUT2D eigenvalue weighted by molar-refractivity contribution is 0.266. The minimum atomic E-state index is -0.486. The van der Waals surface area contributed by atoms with E-state index in [2.05, 4.69) is 4.98 Å². The minimum Gasteiger partial charge on any atom is -0.394 e. The molecule has 4 heteroatoms. The van der Waals surface area contributed by atoms with Gasteiger partial charge in [0.25, 0.3) is 0 Å². The van der Waals surface area contributed by atoms with Gasteiger partial charge in [0, 0.05) is 6.20 Å². The third-order valence-electron chi connectivity index (χ3n) is 1.47. The highest BCUT2D eigenvalue weighted by molar-refractivity contribution is 5.35. The topological polar surface area (TPSA) is 85.8 Å². The van der Waals surface area contributed by atoms with Gasteiger partial charge in [-0.3, -0.25) is 0 Å². The van der Waals surface area contributed by atoms with Gasteiger partial charge < -0.3 is 15.8 Å². The summed E-state index contributed by atoms with van der Waals surface area (Å²) < 4.78 is 0. The van der Waals surface area contributed by atoms with Crippen LogP contribution < -0.4 is 5.73 Å². The van der Waals surface area contributed by atoms with E-state index >= 15 is 0 Å². The number of aromatic amines is 1. The lowest BCUT2D eigenvalue weighted by atomic mass is 10.1. The summed E-state index contributed by atoms with van der Waals surface area (Å²) in [6.45, 7) is -0.158. The standard InChI is InChI=1S/C7H9N3O/c8-3-5-1-2-10-7(5)6(9)4-11/h1-2,6,10-11H,4,9H2/t6-/m1/s1. The molecule has 0 amide bonds. The maximum Gasteiger partial charge on any atom is 0.101 e. The zero-order valence-corrected chi connectivity index (χ0v) is 5.91. The Balaban J connectivity index is 2.95. The van der Waals surface area contributed by atoms with Crippen LogP contribution in [0, 0.1) is 11.3 Å². The molecule has 0 radical (unpaired) electrons. The van der Waals surface area contributed by atoms with Gasteiger partial charge in [-0.2, -0.15) is 5.26 Å². The summed E-state index contributed by atoms with van der Waals surface area (Å²) in [5, 5.41) is 17.2. The smallest absolute Gasteiger partial charge is 0.101 e. The van der Waals surface area contributed by atoms with Crippen molar-refractivity contribution in [1.29, 1.82) is 5.26 Å². The number of H-pyrrole nitrogens is 1. The van der Waals surface area contributed by atoms with Gasteiger partial charge in [0.1, 0.15) is 6.07 Å². The first-order valence-electron chi connectivity index (χ1n) is 3.23. The highest BCUT2D eigenvalue weighted by Crippen LogP contribution is 2.11. The number of aliphatic hydroxyl groups is 1. The van der Waals surface area contributed by atoms with Crippen LogP contribution in [0.3, 0.4) is 0 Å². The van der Waals surface area contributed by atoms with Crippen molar-refractivity contribution in [3.8, 4) is 6.07 Å². The Morgan fingerprint density at radius 1 is 1.82 bits per heavy atom. The summed E-state index contributed by atoms with van der Waals surface area (Å²) in [6, 6.07) is 3.11. The monoisotopic (exact) mass is 151 g/mol. The molecule has 0 aliphatic heterocycles. The van der Waals surface area contributed by atoms with Gasteiger partial charge >= 0.3 is 0 Å². The van der Waals surface area contributed by atoms with Crippen LogP contribution in [-0.2, 0) is 0 Å². The van der Waals surface area contributed by atoms with E-state index in [0.29, 0.717) is 11.3 Å². The maximum atomic E-state index is 8.67. The molecule has 1 aromatic rings. The Kier molecular flexibility index (Phi) is 2.26. The van der Waals surface area contributed by atoms with Crippen LogP contribution in [0.25, 0.3) is 0 Å². The Morgan fingerprint density at radius 2 is 2.55 bits per heavy atom. The van der Waals surface area contributed by atoms with Crippen molar-refractivity contribution in [1.82, 2.24) is 4.98 Å². The van der Waals surface area contributed by atoms with Gasteiger partial charge in [-0.15, -0.1) is 0 Å². The van der Waals surface area contributed by atoms with Crippen LogP contribution in [0.1, 0.15) is 17.3 Å². The molecule has 11 heavy (non-hydrogen) atoms. The zero-order valence-electron chi connectivity index (χ0n) is 5.91. The van der Waals surface area contributed by atoms with E-state index in [1.54, 1.807) is 12.3 Å². The number of hydrogen-bond donors (Lipinski definition) is 3. The second kappa shape index (κ2) is 3.19. The second-order valence-corrected chi connectivity index (χ2v) is 2.21. The summed E-state index contributed by atoms with van der Waals surface area (Å²) in [5.74, 6) is 0. The van der Waals surface area contributed by atoms with Crippen LogP contribution in [0.2, 0.25) is 0 Å². The molecule has 0 saturated carbocycles. The molecule has 4 nitrogen and oxygen atoms in total.